The van der Waals surface area contributed by atoms with E-state index in [1.54, 1.807) is 0 Å². The standard InChI is InChI=1S/C28H25N3O3S/c1-17-11-7-9-15-20(17)29-25(32)22-23-19-14-8-10-16-21(19)34-28(22,2)30(3)27-31(23)26(33)24(35-27)18-12-5-4-6-13-18/h4-16,22-23H,1-3H3,(H-,29,32,33)/p+1. The number of benzene rings is 3. The van der Waals surface area contributed by atoms with E-state index in [0.717, 1.165) is 38.1 Å². The Kier molecular flexibility index (Phi) is 4.86. The molecule has 6 rings (SSSR count). The summed E-state index contributed by atoms with van der Waals surface area (Å²) >= 11 is 1.50. The van der Waals surface area contributed by atoms with Crippen LogP contribution >= 0.6 is 11.3 Å². The first-order valence-electron chi connectivity index (χ1n) is 11.6. The fraction of sp³-hybridized carbons (Fsp3) is 0.214. The van der Waals surface area contributed by atoms with Crippen molar-refractivity contribution in [2.75, 3.05) is 17.3 Å². The number of amides is 1. The maximum absolute atomic E-state index is 14.0. The molecule has 3 aromatic carbocycles. The lowest BCUT2D eigenvalue weighted by Gasteiger charge is -2.48. The lowest BCUT2D eigenvalue weighted by atomic mass is 9.79. The summed E-state index contributed by atoms with van der Waals surface area (Å²) in [6, 6.07) is 24.9. The van der Waals surface area contributed by atoms with Gasteiger partial charge >= 0.3 is 11.0 Å². The number of para-hydroxylation sites is 2. The number of rotatable bonds is 3. The van der Waals surface area contributed by atoms with Gasteiger partial charge in [0.2, 0.25) is 5.91 Å². The Hall–Kier alpha value is -3.84. The minimum atomic E-state index is -0.961. The van der Waals surface area contributed by atoms with Crippen LogP contribution in [0.1, 0.15) is 24.1 Å². The molecule has 0 aliphatic carbocycles. The summed E-state index contributed by atoms with van der Waals surface area (Å²) < 4.78 is 8.49. The highest BCUT2D eigenvalue weighted by Gasteiger charge is 2.65. The number of carbonyl (C=O) groups is 1. The van der Waals surface area contributed by atoms with E-state index in [-0.39, 0.29) is 11.8 Å². The molecule has 3 unspecified atom stereocenters. The molecule has 0 saturated heterocycles. The number of carbonyl (C=O) groups excluding carboxylic acids is 1. The Morgan fingerprint density at radius 2 is 1.74 bits per heavy atom. The van der Waals surface area contributed by atoms with Gasteiger partial charge in [0.25, 0.3) is 5.72 Å². The van der Waals surface area contributed by atoms with E-state index in [1.807, 2.05) is 109 Å². The van der Waals surface area contributed by atoms with Crippen LogP contribution < -0.4 is 19.5 Å². The maximum atomic E-state index is 14.0. The first-order chi connectivity index (χ1) is 16.9. The summed E-state index contributed by atoms with van der Waals surface area (Å²) in [4.78, 5) is 16.7. The molecule has 7 heteroatoms. The third-order valence-electron chi connectivity index (χ3n) is 7.23. The number of hydrogen-bond donors (Lipinski definition) is 2. The molecule has 2 bridgehead atoms. The number of aromatic hydroxyl groups is 1. The van der Waals surface area contributed by atoms with Gasteiger partial charge < -0.3 is 15.2 Å². The number of aromatic nitrogens is 1. The molecular formula is C28H26N3O3S+. The molecule has 2 N–H and O–H groups in total. The minimum absolute atomic E-state index is 0.153. The molecule has 0 fully saturated rings. The largest absolute Gasteiger partial charge is 0.477 e. The van der Waals surface area contributed by atoms with Gasteiger partial charge in [-0.2, -0.15) is 4.57 Å². The second-order valence-electron chi connectivity index (χ2n) is 9.25. The van der Waals surface area contributed by atoms with E-state index in [2.05, 4.69) is 5.32 Å². The predicted octanol–water partition coefficient (Wildman–Crippen LogP) is 5.12. The average Bonchev–Trinajstić information content (AvgIpc) is 3.20. The van der Waals surface area contributed by atoms with Crippen LogP contribution in [-0.4, -0.2) is 23.8 Å². The first kappa shape index (κ1) is 21.7. The highest BCUT2D eigenvalue weighted by molar-refractivity contribution is 7.18. The molecule has 4 aromatic rings. The summed E-state index contributed by atoms with van der Waals surface area (Å²) in [7, 11) is 1.93. The van der Waals surface area contributed by atoms with Crippen LogP contribution in [-0.2, 0) is 4.79 Å². The van der Waals surface area contributed by atoms with Crippen molar-refractivity contribution in [2.45, 2.75) is 25.6 Å². The van der Waals surface area contributed by atoms with E-state index in [9.17, 15) is 9.90 Å². The predicted molar refractivity (Wildman–Crippen MR) is 137 cm³/mol. The number of aryl methyl sites for hydroxylation is 1. The van der Waals surface area contributed by atoms with Crippen molar-refractivity contribution < 1.29 is 19.2 Å². The first-order valence-corrected chi connectivity index (χ1v) is 12.4. The van der Waals surface area contributed by atoms with Gasteiger partial charge in [-0.3, -0.25) is 4.79 Å². The fourth-order valence-corrected chi connectivity index (χ4v) is 6.53. The Bertz CT molecular complexity index is 1450. The van der Waals surface area contributed by atoms with Gasteiger partial charge in [0.15, 0.2) is 12.0 Å². The van der Waals surface area contributed by atoms with Crippen molar-refractivity contribution in [2.24, 2.45) is 5.92 Å². The van der Waals surface area contributed by atoms with Gasteiger partial charge in [-0.1, -0.05) is 66.7 Å². The Morgan fingerprint density at radius 3 is 2.51 bits per heavy atom. The maximum Gasteiger partial charge on any atom is 0.343 e. The van der Waals surface area contributed by atoms with Crippen LogP contribution in [0.5, 0.6) is 11.6 Å². The Labute approximate surface area is 208 Å². The third kappa shape index (κ3) is 3.15. The normalized spacial score (nSPS) is 22.1. The molecule has 35 heavy (non-hydrogen) atoms. The van der Waals surface area contributed by atoms with Crippen molar-refractivity contribution in [3.63, 3.8) is 0 Å². The summed E-state index contributed by atoms with van der Waals surface area (Å²) in [5, 5.41) is 15.5. The number of nitrogens with one attached hydrogen (secondary N) is 1. The van der Waals surface area contributed by atoms with Gasteiger partial charge in [-0.15, -0.1) is 0 Å². The Balaban J connectivity index is 1.55. The molecule has 2 aliphatic heterocycles. The van der Waals surface area contributed by atoms with Crippen molar-refractivity contribution in [1.29, 1.82) is 0 Å². The van der Waals surface area contributed by atoms with Crippen LogP contribution in [0.2, 0.25) is 0 Å². The smallest absolute Gasteiger partial charge is 0.343 e. The van der Waals surface area contributed by atoms with Crippen LogP contribution in [0.3, 0.4) is 0 Å². The van der Waals surface area contributed by atoms with Gasteiger partial charge in [0.05, 0.1) is 7.05 Å². The number of fused-ring (bicyclic) bond motifs is 6. The zero-order valence-electron chi connectivity index (χ0n) is 19.7. The van der Waals surface area contributed by atoms with E-state index in [0.29, 0.717) is 0 Å². The monoisotopic (exact) mass is 484 g/mol. The van der Waals surface area contributed by atoms with Gasteiger partial charge in [0, 0.05) is 18.2 Å². The summed E-state index contributed by atoms with van der Waals surface area (Å²) in [5.41, 5.74) is 2.60. The highest BCUT2D eigenvalue weighted by Crippen LogP contribution is 2.53. The van der Waals surface area contributed by atoms with Crippen LogP contribution in [0.25, 0.3) is 10.4 Å². The van der Waals surface area contributed by atoms with Gasteiger partial charge in [-0.05, 0) is 41.5 Å². The highest BCUT2D eigenvalue weighted by atomic mass is 32.1. The topological polar surface area (TPSA) is 65.7 Å². The number of anilines is 2. The molecular weight excluding hydrogens is 458 g/mol. The van der Waals surface area contributed by atoms with Gasteiger partial charge in [0.1, 0.15) is 10.6 Å². The molecule has 3 atom stereocenters. The van der Waals surface area contributed by atoms with Crippen molar-refractivity contribution >= 4 is 28.1 Å². The van der Waals surface area contributed by atoms with Gasteiger partial charge in [-0.25, -0.2) is 4.90 Å². The fourth-order valence-electron chi connectivity index (χ4n) is 5.29. The van der Waals surface area contributed by atoms with Crippen molar-refractivity contribution in [3.8, 4) is 22.1 Å². The van der Waals surface area contributed by atoms with E-state index < -0.39 is 17.7 Å². The lowest BCUT2D eigenvalue weighted by Crippen LogP contribution is -2.71. The molecule has 3 heterocycles. The summed E-state index contributed by atoms with van der Waals surface area (Å²) in [6.45, 7) is 3.93. The molecule has 6 nitrogen and oxygen atoms in total. The molecule has 176 valence electrons. The molecule has 1 aromatic heterocycles. The number of hydrogen-bond acceptors (Lipinski definition) is 5. The summed E-state index contributed by atoms with van der Waals surface area (Å²) in [5.74, 6) is 0.0964. The second kappa shape index (κ2) is 7.85. The molecule has 1 amide bonds. The van der Waals surface area contributed by atoms with Crippen LogP contribution in [0.15, 0.2) is 78.9 Å². The second-order valence-corrected chi connectivity index (χ2v) is 10.2. The van der Waals surface area contributed by atoms with Crippen molar-refractivity contribution in [3.05, 3.63) is 90.0 Å². The zero-order valence-corrected chi connectivity index (χ0v) is 20.5. The minimum Gasteiger partial charge on any atom is -0.477 e. The number of ether oxygens (including phenoxy) is 1. The molecule has 0 radical (unpaired) electrons. The average molecular weight is 485 g/mol. The van der Waals surface area contributed by atoms with Crippen LogP contribution in [0, 0.1) is 12.8 Å². The third-order valence-corrected chi connectivity index (χ3v) is 8.51. The van der Waals surface area contributed by atoms with Crippen molar-refractivity contribution in [1.82, 2.24) is 0 Å². The number of thiazole rings is 1. The number of nitrogens with zero attached hydrogens (tertiary/aromatic N) is 2. The lowest BCUT2D eigenvalue weighted by molar-refractivity contribution is -0.717. The van der Waals surface area contributed by atoms with E-state index in [1.165, 1.54) is 11.3 Å². The molecule has 2 aliphatic rings. The Morgan fingerprint density at radius 1 is 1.06 bits per heavy atom. The quantitative estimate of drug-likeness (QED) is 0.396. The summed E-state index contributed by atoms with van der Waals surface area (Å²) in [6.07, 6.45) is 0. The molecule has 0 saturated carbocycles. The van der Waals surface area contributed by atoms with E-state index in [4.69, 9.17) is 4.74 Å². The van der Waals surface area contributed by atoms with Crippen LogP contribution in [0.4, 0.5) is 10.8 Å². The SMILES string of the molecule is Cc1ccccc1NC(=O)C1C2c3ccccc3OC1(C)N(C)c1sc(-c3ccccc3)c(O)[n+]12. The molecule has 0 spiro atoms. The van der Waals surface area contributed by atoms with E-state index >= 15 is 0 Å². The zero-order chi connectivity index (χ0) is 24.3.